The molecule has 132 valence electrons. The first-order valence-electron chi connectivity index (χ1n) is 8.20. The maximum Gasteiger partial charge on any atom is 0.336 e. The number of furan rings is 1. The van der Waals surface area contributed by atoms with E-state index in [9.17, 15) is 4.79 Å². The standard InChI is InChI=1S/C19H20O6/c1-18(2)13(24-19(3,4)25-18)10-22-17-15-12(7-8-21-15)9-11-5-6-14(20)23-16(11)17/h5-9,13H,10H2,1-4H3/t13-/m0/s1. The van der Waals surface area contributed by atoms with Crippen LogP contribution in [0.15, 0.2) is 44.2 Å². The van der Waals surface area contributed by atoms with Crippen molar-refractivity contribution in [2.75, 3.05) is 6.61 Å². The molecule has 1 saturated heterocycles. The lowest BCUT2D eigenvalue weighted by atomic mass is 10.0. The summed E-state index contributed by atoms with van der Waals surface area (Å²) >= 11 is 0. The molecule has 0 saturated carbocycles. The molecule has 0 aliphatic carbocycles. The molecular weight excluding hydrogens is 324 g/mol. The topological polar surface area (TPSA) is 71.0 Å². The van der Waals surface area contributed by atoms with E-state index in [1.54, 1.807) is 12.3 Å². The van der Waals surface area contributed by atoms with E-state index >= 15 is 0 Å². The van der Waals surface area contributed by atoms with Crippen LogP contribution in [0.1, 0.15) is 27.7 Å². The van der Waals surface area contributed by atoms with Gasteiger partial charge in [0, 0.05) is 16.8 Å². The summed E-state index contributed by atoms with van der Waals surface area (Å²) in [6, 6.07) is 6.83. The van der Waals surface area contributed by atoms with Crippen LogP contribution in [0.3, 0.4) is 0 Å². The van der Waals surface area contributed by atoms with Crippen LogP contribution >= 0.6 is 0 Å². The highest BCUT2D eigenvalue weighted by Gasteiger charge is 2.47. The van der Waals surface area contributed by atoms with Crippen molar-refractivity contribution in [2.24, 2.45) is 0 Å². The largest absolute Gasteiger partial charge is 0.483 e. The fourth-order valence-corrected chi connectivity index (χ4v) is 3.34. The van der Waals surface area contributed by atoms with E-state index in [0.29, 0.717) is 16.9 Å². The highest BCUT2D eigenvalue weighted by Crippen LogP contribution is 2.38. The third-order valence-corrected chi connectivity index (χ3v) is 4.37. The summed E-state index contributed by atoms with van der Waals surface area (Å²) in [6.07, 6.45) is 1.30. The highest BCUT2D eigenvalue weighted by molar-refractivity contribution is 5.99. The first-order valence-corrected chi connectivity index (χ1v) is 8.20. The summed E-state index contributed by atoms with van der Waals surface area (Å²) in [6.45, 7) is 7.90. The van der Waals surface area contributed by atoms with Gasteiger partial charge in [-0.2, -0.15) is 0 Å². The number of rotatable bonds is 3. The van der Waals surface area contributed by atoms with E-state index < -0.39 is 17.0 Å². The Morgan fingerprint density at radius 3 is 2.56 bits per heavy atom. The molecule has 2 aromatic heterocycles. The van der Waals surface area contributed by atoms with Crippen molar-refractivity contribution in [3.8, 4) is 5.75 Å². The van der Waals surface area contributed by atoms with Crippen molar-refractivity contribution in [3.05, 3.63) is 40.9 Å². The van der Waals surface area contributed by atoms with Gasteiger partial charge < -0.3 is 23.0 Å². The minimum Gasteiger partial charge on any atom is -0.483 e. The third-order valence-electron chi connectivity index (χ3n) is 4.37. The van der Waals surface area contributed by atoms with Crippen LogP contribution < -0.4 is 10.4 Å². The first kappa shape index (κ1) is 16.2. The molecule has 4 rings (SSSR count). The van der Waals surface area contributed by atoms with Gasteiger partial charge in [-0.15, -0.1) is 0 Å². The molecule has 1 aliphatic rings. The van der Waals surface area contributed by atoms with Crippen LogP contribution in [0, 0.1) is 0 Å². The van der Waals surface area contributed by atoms with Crippen LogP contribution in [0.5, 0.6) is 5.75 Å². The fraction of sp³-hybridized carbons (Fsp3) is 0.421. The number of ether oxygens (including phenoxy) is 3. The second-order valence-corrected chi connectivity index (χ2v) is 7.24. The molecule has 25 heavy (non-hydrogen) atoms. The van der Waals surface area contributed by atoms with E-state index in [1.807, 2.05) is 39.8 Å². The lowest BCUT2D eigenvalue weighted by Crippen LogP contribution is -2.37. The minimum absolute atomic E-state index is 0.240. The van der Waals surface area contributed by atoms with E-state index in [0.717, 1.165) is 10.8 Å². The second kappa shape index (κ2) is 5.34. The molecule has 0 bridgehead atoms. The van der Waals surface area contributed by atoms with Gasteiger partial charge in [0.1, 0.15) is 12.7 Å². The van der Waals surface area contributed by atoms with Gasteiger partial charge in [-0.05, 0) is 45.9 Å². The van der Waals surface area contributed by atoms with Gasteiger partial charge in [0.2, 0.25) is 5.75 Å². The molecule has 3 heterocycles. The lowest BCUT2D eigenvalue weighted by molar-refractivity contribution is -0.158. The van der Waals surface area contributed by atoms with E-state index in [4.69, 9.17) is 23.0 Å². The maximum absolute atomic E-state index is 11.7. The van der Waals surface area contributed by atoms with Gasteiger partial charge >= 0.3 is 5.63 Å². The Balaban J connectivity index is 1.74. The smallest absolute Gasteiger partial charge is 0.336 e. The van der Waals surface area contributed by atoms with Crippen LogP contribution in [0.4, 0.5) is 0 Å². The normalized spacial score (nSPS) is 21.8. The quantitative estimate of drug-likeness (QED) is 0.672. The van der Waals surface area contributed by atoms with Gasteiger partial charge in [-0.25, -0.2) is 4.79 Å². The van der Waals surface area contributed by atoms with Crippen molar-refractivity contribution >= 4 is 21.9 Å². The predicted molar refractivity (Wildman–Crippen MR) is 91.9 cm³/mol. The highest BCUT2D eigenvalue weighted by atomic mass is 16.8. The minimum atomic E-state index is -0.678. The molecule has 0 radical (unpaired) electrons. The van der Waals surface area contributed by atoms with E-state index in [2.05, 4.69) is 0 Å². The van der Waals surface area contributed by atoms with Gasteiger partial charge in [-0.1, -0.05) is 0 Å². The maximum atomic E-state index is 11.7. The van der Waals surface area contributed by atoms with Gasteiger partial charge in [0.15, 0.2) is 17.0 Å². The summed E-state index contributed by atoms with van der Waals surface area (Å²) in [5.74, 6) is -0.276. The SMILES string of the molecule is CC1(C)O[C@@H](COc2c3occc3cc3ccc(=O)oc23)C(C)(C)O1. The number of hydrogen-bond donors (Lipinski definition) is 0. The summed E-state index contributed by atoms with van der Waals surface area (Å²) < 4.78 is 28.8. The number of hydrogen-bond acceptors (Lipinski definition) is 6. The average molecular weight is 344 g/mol. The average Bonchev–Trinajstić information content (AvgIpc) is 3.04. The van der Waals surface area contributed by atoms with Crippen molar-refractivity contribution in [2.45, 2.75) is 45.2 Å². The molecule has 3 aromatic rings. The molecule has 1 atom stereocenters. The van der Waals surface area contributed by atoms with Crippen LogP contribution in [-0.4, -0.2) is 24.1 Å². The van der Waals surface area contributed by atoms with Gasteiger partial charge in [0.25, 0.3) is 0 Å². The molecule has 1 aromatic carbocycles. The van der Waals surface area contributed by atoms with E-state index in [-0.39, 0.29) is 12.7 Å². The Labute approximate surface area is 144 Å². The van der Waals surface area contributed by atoms with Crippen LogP contribution in [0.2, 0.25) is 0 Å². The molecule has 6 nitrogen and oxygen atoms in total. The molecule has 0 amide bonds. The molecule has 1 fully saturated rings. The van der Waals surface area contributed by atoms with E-state index in [1.165, 1.54) is 6.07 Å². The number of fused-ring (bicyclic) bond motifs is 2. The van der Waals surface area contributed by atoms with Crippen LogP contribution in [-0.2, 0) is 9.47 Å². The summed E-state index contributed by atoms with van der Waals surface area (Å²) in [5, 5.41) is 1.64. The fourth-order valence-electron chi connectivity index (χ4n) is 3.34. The second-order valence-electron chi connectivity index (χ2n) is 7.24. The Kier molecular flexibility index (Phi) is 3.46. The molecule has 0 spiro atoms. The zero-order valence-corrected chi connectivity index (χ0v) is 14.6. The Hall–Kier alpha value is -2.31. The van der Waals surface area contributed by atoms with Crippen molar-refractivity contribution in [3.63, 3.8) is 0 Å². The first-order chi connectivity index (χ1) is 11.8. The summed E-state index contributed by atoms with van der Waals surface area (Å²) in [5.41, 5.74) is -0.0362. The molecule has 0 N–H and O–H groups in total. The van der Waals surface area contributed by atoms with Gasteiger partial charge in [-0.3, -0.25) is 0 Å². The number of benzene rings is 1. The Morgan fingerprint density at radius 2 is 1.84 bits per heavy atom. The third kappa shape index (κ3) is 2.81. The zero-order chi connectivity index (χ0) is 17.8. The van der Waals surface area contributed by atoms with Crippen molar-refractivity contribution in [1.82, 2.24) is 0 Å². The predicted octanol–water partition coefficient (Wildman–Crippen LogP) is 3.85. The van der Waals surface area contributed by atoms with Gasteiger partial charge in [0.05, 0.1) is 11.9 Å². The Morgan fingerprint density at radius 1 is 1.08 bits per heavy atom. The van der Waals surface area contributed by atoms with Crippen molar-refractivity contribution < 1.29 is 23.0 Å². The molecule has 0 unspecified atom stereocenters. The molecule has 1 aliphatic heterocycles. The van der Waals surface area contributed by atoms with Crippen molar-refractivity contribution in [1.29, 1.82) is 0 Å². The Bertz CT molecular complexity index is 994. The zero-order valence-electron chi connectivity index (χ0n) is 14.6. The molecule has 6 heteroatoms. The monoisotopic (exact) mass is 344 g/mol. The van der Waals surface area contributed by atoms with Crippen LogP contribution in [0.25, 0.3) is 21.9 Å². The summed E-state index contributed by atoms with van der Waals surface area (Å²) in [4.78, 5) is 11.7. The molecular formula is C19H20O6. The summed E-state index contributed by atoms with van der Waals surface area (Å²) in [7, 11) is 0. The lowest BCUT2D eigenvalue weighted by Gasteiger charge is -2.24.